The number of alkyl carbamates (subject to hydrolysis) is 1. The number of rotatable bonds is 5. The summed E-state index contributed by atoms with van der Waals surface area (Å²) >= 11 is 0. The Morgan fingerprint density at radius 1 is 1.08 bits per heavy atom. The predicted octanol–water partition coefficient (Wildman–Crippen LogP) is 0.865. The highest BCUT2D eigenvalue weighted by Gasteiger charge is 2.61. The molecule has 0 aromatic rings. The van der Waals surface area contributed by atoms with Crippen LogP contribution >= 0.6 is 0 Å². The van der Waals surface area contributed by atoms with Gasteiger partial charge in [0.25, 0.3) is 5.91 Å². The number of nitrogens with zero attached hydrogens (tertiary/aromatic N) is 1. The second kappa shape index (κ2) is 11.4. The number of hydrogen-bond acceptors (Lipinski definition) is 8. The Hall–Kier alpha value is -2.67. The van der Waals surface area contributed by atoms with E-state index in [0.717, 1.165) is 19.3 Å². The monoisotopic (exact) mass is 566 g/mol. The Morgan fingerprint density at radius 2 is 1.90 bits per heavy atom. The van der Waals surface area contributed by atoms with Gasteiger partial charge in [0.15, 0.2) is 0 Å². The van der Waals surface area contributed by atoms with E-state index < -0.39 is 50.8 Å². The molecule has 3 N–H and O–H groups in total. The van der Waals surface area contributed by atoms with Crippen molar-refractivity contribution in [3.63, 3.8) is 0 Å². The lowest BCUT2D eigenvalue weighted by atomic mass is 10.1. The van der Waals surface area contributed by atoms with Gasteiger partial charge in [-0.1, -0.05) is 25.0 Å². The van der Waals surface area contributed by atoms with Crippen molar-refractivity contribution in [1.29, 1.82) is 0 Å². The summed E-state index contributed by atoms with van der Waals surface area (Å²) in [4.78, 5) is 54.4. The fraction of sp³-hybridized carbons (Fsp3) is 0.769. The van der Waals surface area contributed by atoms with Crippen LogP contribution in [0.4, 0.5) is 4.79 Å². The summed E-state index contributed by atoms with van der Waals surface area (Å²) in [6.07, 6.45) is 9.29. The van der Waals surface area contributed by atoms with Gasteiger partial charge in [-0.3, -0.25) is 19.1 Å². The van der Waals surface area contributed by atoms with E-state index in [1.807, 2.05) is 12.2 Å². The minimum atomic E-state index is -3.78. The van der Waals surface area contributed by atoms with Gasteiger partial charge in [0.1, 0.15) is 23.7 Å². The highest BCUT2D eigenvalue weighted by atomic mass is 32.2. The molecule has 12 nitrogen and oxygen atoms in total. The topological polar surface area (TPSA) is 160 Å². The molecule has 0 aromatic carbocycles. The van der Waals surface area contributed by atoms with Crippen molar-refractivity contribution in [2.45, 2.75) is 99.6 Å². The van der Waals surface area contributed by atoms with E-state index in [2.05, 4.69) is 15.4 Å². The maximum atomic E-state index is 13.6. The van der Waals surface area contributed by atoms with E-state index in [9.17, 15) is 27.6 Å². The zero-order valence-electron chi connectivity index (χ0n) is 22.1. The molecule has 2 saturated carbocycles. The van der Waals surface area contributed by atoms with Crippen LogP contribution < -0.4 is 15.4 Å². The minimum absolute atomic E-state index is 0.294. The summed E-state index contributed by atoms with van der Waals surface area (Å²) in [7, 11) is -3.78. The first kappa shape index (κ1) is 27.9. The van der Waals surface area contributed by atoms with Crippen LogP contribution in [0.3, 0.4) is 0 Å². The van der Waals surface area contributed by atoms with E-state index in [1.165, 1.54) is 4.90 Å². The van der Waals surface area contributed by atoms with Crippen molar-refractivity contribution in [2.75, 3.05) is 19.8 Å². The molecule has 4 amide bonds. The van der Waals surface area contributed by atoms with Gasteiger partial charge in [0, 0.05) is 18.9 Å². The standard InChI is InChI=1S/C26H38N4O8S/c31-22-21-9-6-13-30(21)23(32)20(27-25(34)38-18-12-14-37-16-18)8-5-3-1-2-4-7-17-15-26(17,28-22)24(33)29-39(35,36)19-10-11-19/h4,7,17-21H,1-3,5-6,8-16H2,(H,27,34)(H,28,31)(H,29,33)/t17?,18-,20?,21?,26?/m1/s1. The third-order valence-corrected chi connectivity index (χ3v) is 10.1. The second-order valence-corrected chi connectivity index (χ2v) is 13.3. The molecule has 3 aliphatic heterocycles. The average Bonchev–Trinajstić information content (AvgIpc) is 3.74. The largest absolute Gasteiger partial charge is 0.444 e. The van der Waals surface area contributed by atoms with Gasteiger partial charge < -0.3 is 25.0 Å². The third kappa shape index (κ3) is 6.40. The van der Waals surface area contributed by atoms with Crippen LogP contribution in [0.1, 0.15) is 70.6 Å². The number of amides is 4. The zero-order valence-corrected chi connectivity index (χ0v) is 22.9. The van der Waals surface area contributed by atoms with Gasteiger partial charge >= 0.3 is 6.09 Å². The molecule has 13 heteroatoms. The molecule has 0 bridgehead atoms. The van der Waals surface area contributed by atoms with Crippen LogP contribution in [0.15, 0.2) is 12.2 Å². The number of allylic oxidation sites excluding steroid dienone is 1. The number of nitrogens with one attached hydrogen (secondary N) is 3. The Balaban J connectivity index is 1.32. The molecule has 3 heterocycles. The molecule has 39 heavy (non-hydrogen) atoms. The second-order valence-electron chi connectivity index (χ2n) is 11.3. The summed E-state index contributed by atoms with van der Waals surface area (Å²) in [5.41, 5.74) is -1.36. The number of ether oxygens (including phenoxy) is 2. The van der Waals surface area contributed by atoms with Crippen LogP contribution in [0.5, 0.6) is 0 Å². The smallest absolute Gasteiger partial charge is 0.408 e. The van der Waals surface area contributed by atoms with Crippen molar-refractivity contribution in [2.24, 2.45) is 5.92 Å². The first-order valence-corrected chi connectivity index (χ1v) is 15.6. The van der Waals surface area contributed by atoms with Crippen LogP contribution in [0.2, 0.25) is 0 Å². The Kier molecular flexibility index (Phi) is 8.18. The van der Waals surface area contributed by atoms with Crippen molar-refractivity contribution < 1.29 is 37.1 Å². The van der Waals surface area contributed by atoms with Crippen molar-refractivity contribution in [1.82, 2.24) is 20.3 Å². The highest BCUT2D eigenvalue weighted by Crippen LogP contribution is 2.46. The Morgan fingerprint density at radius 3 is 2.64 bits per heavy atom. The molecule has 4 fully saturated rings. The van der Waals surface area contributed by atoms with Crippen molar-refractivity contribution >= 4 is 33.8 Å². The Bertz CT molecular complexity index is 1120. The molecule has 0 radical (unpaired) electrons. The molecule has 5 aliphatic rings. The van der Waals surface area contributed by atoms with Crippen LogP contribution in [0.25, 0.3) is 0 Å². The summed E-state index contributed by atoms with van der Waals surface area (Å²) in [6, 6.07) is -1.66. The van der Waals surface area contributed by atoms with Crippen LogP contribution in [0, 0.1) is 5.92 Å². The fourth-order valence-corrected chi connectivity index (χ4v) is 7.07. The van der Waals surface area contributed by atoms with Gasteiger partial charge in [-0.2, -0.15) is 0 Å². The highest BCUT2D eigenvalue weighted by molar-refractivity contribution is 7.91. The predicted molar refractivity (Wildman–Crippen MR) is 139 cm³/mol. The summed E-state index contributed by atoms with van der Waals surface area (Å²) in [5.74, 6) is -1.90. The van der Waals surface area contributed by atoms with E-state index in [4.69, 9.17) is 9.47 Å². The zero-order chi connectivity index (χ0) is 27.6. The molecule has 5 rings (SSSR count). The Labute approximate surface area is 228 Å². The minimum Gasteiger partial charge on any atom is -0.444 e. The fourth-order valence-electron chi connectivity index (χ4n) is 5.71. The van der Waals surface area contributed by atoms with Crippen molar-refractivity contribution in [3.05, 3.63) is 12.2 Å². The number of carbonyl (C=O) groups excluding carboxylic acids is 4. The molecule has 4 unspecified atom stereocenters. The van der Waals surface area contributed by atoms with E-state index in [1.54, 1.807) is 0 Å². The van der Waals surface area contributed by atoms with Gasteiger partial charge in [0.2, 0.25) is 21.8 Å². The molecule has 5 atom stereocenters. The van der Waals surface area contributed by atoms with Gasteiger partial charge in [-0.15, -0.1) is 0 Å². The molecule has 0 aromatic heterocycles. The van der Waals surface area contributed by atoms with Gasteiger partial charge in [-0.25, -0.2) is 13.2 Å². The number of fused-ring (bicyclic) bond motifs is 2. The quantitative estimate of drug-likeness (QED) is 0.413. The molecule has 0 spiro atoms. The number of carbonyl (C=O) groups is 4. The molecular formula is C26H38N4O8S. The van der Waals surface area contributed by atoms with Crippen LogP contribution in [-0.4, -0.2) is 85.9 Å². The molecular weight excluding hydrogens is 528 g/mol. The van der Waals surface area contributed by atoms with Crippen LogP contribution in [-0.2, 0) is 33.9 Å². The number of hydrogen-bond donors (Lipinski definition) is 3. The van der Waals surface area contributed by atoms with Crippen molar-refractivity contribution in [3.8, 4) is 0 Å². The third-order valence-electron chi connectivity index (χ3n) is 8.29. The van der Waals surface area contributed by atoms with Gasteiger partial charge in [-0.05, 0) is 51.4 Å². The van der Waals surface area contributed by atoms with Gasteiger partial charge in [0.05, 0.1) is 18.5 Å². The normalized spacial score (nSPS) is 33.7. The van der Waals surface area contributed by atoms with E-state index in [-0.39, 0.29) is 17.9 Å². The first-order valence-electron chi connectivity index (χ1n) is 14.1. The number of sulfonamides is 1. The summed E-state index contributed by atoms with van der Waals surface area (Å²) in [5, 5.41) is 4.98. The molecule has 216 valence electrons. The SMILES string of the molecule is O=C(NC1CCCCCC=CC2CC2(C(=O)NS(=O)(=O)C2CC2)NC(=O)C2CCCN2C1=O)O[C@@H]1CCOC1. The lowest BCUT2D eigenvalue weighted by Gasteiger charge is -2.30. The average molecular weight is 567 g/mol. The van der Waals surface area contributed by atoms with E-state index in [0.29, 0.717) is 71.1 Å². The maximum absolute atomic E-state index is 13.6. The summed E-state index contributed by atoms with van der Waals surface area (Å²) in [6.45, 7) is 1.19. The maximum Gasteiger partial charge on any atom is 0.408 e. The van der Waals surface area contributed by atoms with E-state index >= 15 is 0 Å². The molecule has 2 aliphatic carbocycles. The lowest BCUT2D eigenvalue weighted by molar-refractivity contribution is -0.141. The lowest BCUT2D eigenvalue weighted by Crippen LogP contribution is -2.58. The molecule has 2 saturated heterocycles. The summed E-state index contributed by atoms with van der Waals surface area (Å²) < 4.78 is 37.8. The first-order chi connectivity index (χ1) is 18.7.